The van der Waals surface area contributed by atoms with Crippen LogP contribution in [0, 0.1) is 0 Å². The Bertz CT molecular complexity index is 1000. The monoisotopic (exact) mass is 946 g/mol. The number of hydrogen-bond acceptors (Lipinski definition) is 5. The molecule has 0 aliphatic rings. The normalized spacial score (nSPS) is 12.6. The molecule has 0 aromatic carbocycles. The van der Waals surface area contributed by atoms with Gasteiger partial charge in [-0.05, 0) is 51.4 Å². The largest absolute Gasteiger partial charge is 0.466 e. The van der Waals surface area contributed by atoms with Crippen molar-refractivity contribution in [2.75, 3.05) is 13.2 Å². The molecule has 2 atom stereocenters. The van der Waals surface area contributed by atoms with Gasteiger partial charge in [-0.15, -0.1) is 0 Å². The van der Waals surface area contributed by atoms with E-state index in [1.807, 2.05) is 0 Å². The Morgan fingerprint density at radius 2 is 0.701 bits per heavy atom. The molecule has 0 spiro atoms. The van der Waals surface area contributed by atoms with Crippen LogP contribution >= 0.6 is 0 Å². The number of aliphatic hydroxyl groups is 2. The third kappa shape index (κ3) is 53.8. The minimum Gasteiger partial charge on any atom is -0.466 e. The maximum atomic E-state index is 12.5. The average Bonchev–Trinajstić information content (AvgIpc) is 3.33. The molecule has 0 bridgehead atoms. The number of amides is 1. The van der Waals surface area contributed by atoms with Crippen LogP contribution in [0.1, 0.15) is 341 Å². The molecule has 0 radical (unpaired) electrons. The van der Waals surface area contributed by atoms with Crippen molar-refractivity contribution in [1.29, 1.82) is 0 Å². The van der Waals surface area contributed by atoms with Crippen molar-refractivity contribution in [3.05, 3.63) is 12.2 Å². The molecule has 0 saturated carbocycles. The molecule has 67 heavy (non-hydrogen) atoms. The van der Waals surface area contributed by atoms with Crippen LogP contribution in [0.15, 0.2) is 12.2 Å². The summed E-state index contributed by atoms with van der Waals surface area (Å²) < 4.78 is 5.48. The Labute approximate surface area is 419 Å². The summed E-state index contributed by atoms with van der Waals surface area (Å²) in [6, 6.07) is -0.539. The molecule has 0 aromatic heterocycles. The van der Waals surface area contributed by atoms with Gasteiger partial charge in [-0.25, -0.2) is 0 Å². The van der Waals surface area contributed by atoms with Gasteiger partial charge in [0.1, 0.15) is 0 Å². The number of aliphatic hydroxyl groups excluding tert-OH is 2. The van der Waals surface area contributed by atoms with Gasteiger partial charge in [0.05, 0.1) is 25.4 Å². The van der Waals surface area contributed by atoms with Crippen LogP contribution in [0.4, 0.5) is 0 Å². The van der Waals surface area contributed by atoms with Crippen molar-refractivity contribution in [2.24, 2.45) is 0 Å². The number of rotatable bonds is 57. The van der Waals surface area contributed by atoms with Crippen LogP contribution in [0.5, 0.6) is 0 Å². The first-order valence-corrected chi connectivity index (χ1v) is 30.4. The fourth-order valence-corrected chi connectivity index (χ4v) is 9.64. The minimum absolute atomic E-state index is 0.00700. The number of unbranched alkanes of at least 4 members (excludes halogenated alkanes) is 44. The molecule has 6 nitrogen and oxygen atoms in total. The van der Waals surface area contributed by atoms with Crippen LogP contribution in [-0.2, 0) is 14.3 Å². The van der Waals surface area contributed by atoms with Gasteiger partial charge in [-0.2, -0.15) is 0 Å². The predicted octanol–water partition coefficient (Wildman–Crippen LogP) is 18.9. The van der Waals surface area contributed by atoms with Crippen molar-refractivity contribution in [1.82, 2.24) is 5.32 Å². The van der Waals surface area contributed by atoms with E-state index in [4.69, 9.17) is 4.74 Å². The lowest BCUT2D eigenvalue weighted by atomic mass is 10.0. The van der Waals surface area contributed by atoms with Crippen molar-refractivity contribution in [3.8, 4) is 0 Å². The number of nitrogens with one attached hydrogen (secondary N) is 1. The summed E-state index contributed by atoms with van der Waals surface area (Å²) in [6.45, 7) is 4.96. The van der Waals surface area contributed by atoms with Gasteiger partial charge in [0.25, 0.3) is 0 Å². The van der Waals surface area contributed by atoms with Gasteiger partial charge in [0, 0.05) is 12.8 Å². The van der Waals surface area contributed by atoms with Crippen molar-refractivity contribution in [2.45, 2.75) is 353 Å². The second-order valence-electron chi connectivity index (χ2n) is 21.0. The summed E-state index contributed by atoms with van der Waals surface area (Å²) in [5.74, 6) is -0.0265. The van der Waals surface area contributed by atoms with Crippen LogP contribution in [0.2, 0.25) is 0 Å². The first-order chi connectivity index (χ1) is 33.0. The van der Waals surface area contributed by atoms with Gasteiger partial charge in [0.2, 0.25) is 5.91 Å². The number of esters is 1. The summed E-state index contributed by atoms with van der Waals surface area (Å²) in [5, 5.41) is 23.2. The molecule has 0 heterocycles. The topological polar surface area (TPSA) is 95.9 Å². The third-order valence-corrected chi connectivity index (χ3v) is 14.3. The quantitative estimate of drug-likeness (QED) is 0.0321. The molecule has 1 amide bonds. The average molecular weight is 947 g/mol. The SMILES string of the molecule is CCCCCCCC/C=C\CCCCCCCC(=O)OCCCCCCCCCCCCCCCCCCCCCCCCCC(=O)NC(CO)C(O)CCCCCCCCCCCCCC. The smallest absolute Gasteiger partial charge is 0.305 e. The van der Waals surface area contributed by atoms with Crippen LogP contribution in [0.25, 0.3) is 0 Å². The molecule has 0 aliphatic heterocycles. The van der Waals surface area contributed by atoms with E-state index in [9.17, 15) is 19.8 Å². The highest BCUT2D eigenvalue weighted by Gasteiger charge is 2.20. The summed E-state index contributed by atoms with van der Waals surface area (Å²) >= 11 is 0. The number of ether oxygens (including phenoxy) is 1. The van der Waals surface area contributed by atoms with Gasteiger partial charge in [0.15, 0.2) is 0 Å². The molecule has 3 N–H and O–H groups in total. The van der Waals surface area contributed by atoms with Crippen LogP contribution in [-0.4, -0.2) is 47.4 Å². The van der Waals surface area contributed by atoms with E-state index < -0.39 is 12.1 Å². The van der Waals surface area contributed by atoms with Gasteiger partial charge in [-0.3, -0.25) is 9.59 Å². The Hall–Kier alpha value is -1.40. The van der Waals surface area contributed by atoms with Crippen LogP contribution < -0.4 is 5.32 Å². The lowest BCUT2D eigenvalue weighted by molar-refractivity contribution is -0.143. The third-order valence-electron chi connectivity index (χ3n) is 14.3. The van der Waals surface area contributed by atoms with Crippen LogP contribution in [0.3, 0.4) is 0 Å². The molecule has 6 heteroatoms. The van der Waals surface area contributed by atoms with Gasteiger partial charge >= 0.3 is 5.97 Å². The highest BCUT2D eigenvalue weighted by molar-refractivity contribution is 5.76. The molecule has 0 fully saturated rings. The number of carbonyl (C=O) groups is 2. The lowest BCUT2D eigenvalue weighted by Gasteiger charge is -2.22. The molecular weight excluding hydrogens is 827 g/mol. The Balaban J connectivity index is 3.35. The van der Waals surface area contributed by atoms with E-state index in [2.05, 4.69) is 31.3 Å². The zero-order valence-corrected chi connectivity index (χ0v) is 45.4. The van der Waals surface area contributed by atoms with Crippen molar-refractivity contribution in [3.63, 3.8) is 0 Å². The standard InChI is InChI=1S/C61H119NO5/c1-3-5-7-9-11-13-15-17-27-31-35-39-43-47-51-55-61(66)67-56-52-48-44-40-36-32-29-26-24-22-20-18-19-21-23-25-28-30-34-38-42-46-50-54-60(65)62-58(57-63)59(64)53-49-45-41-37-33-16-14-12-10-8-6-4-2/h17,27,58-59,63-64H,3-16,18-26,28-57H2,1-2H3,(H,62,65)/b27-17-. The van der Waals surface area contributed by atoms with E-state index in [0.29, 0.717) is 25.9 Å². The zero-order chi connectivity index (χ0) is 48.6. The number of hydrogen-bond donors (Lipinski definition) is 3. The summed E-state index contributed by atoms with van der Waals surface area (Å²) in [6.07, 6.45) is 67.9. The van der Waals surface area contributed by atoms with Gasteiger partial charge < -0.3 is 20.3 Å². The summed E-state index contributed by atoms with van der Waals surface area (Å²) in [7, 11) is 0. The first kappa shape index (κ1) is 65.6. The fraction of sp³-hybridized carbons (Fsp3) is 0.934. The second-order valence-corrected chi connectivity index (χ2v) is 21.0. The Kier molecular flexibility index (Phi) is 56.0. The molecule has 0 aliphatic carbocycles. The summed E-state index contributed by atoms with van der Waals surface area (Å²) in [5.41, 5.74) is 0. The van der Waals surface area contributed by atoms with Gasteiger partial charge in [-0.1, -0.05) is 289 Å². The van der Waals surface area contributed by atoms with E-state index in [-0.39, 0.29) is 18.5 Å². The molecule has 2 unspecified atom stereocenters. The molecule has 0 aromatic rings. The Morgan fingerprint density at radius 3 is 1.06 bits per heavy atom. The fourth-order valence-electron chi connectivity index (χ4n) is 9.64. The van der Waals surface area contributed by atoms with E-state index in [0.717, 1.165) is 44.9 Å². The minimum atomic E-state index is -0.662. The van der Waals surface area contributed by atoms with E-state index in [1.165, 1.54) is 263 Å². The zero-order valence-electron chi connectivity index (χ0n) is 45.4. The number of allylic oxidation sites excluding steroid dienone is 2. The van der Waals surface area contributed by atoms with Crippen molar-refractivity contribution >= 4 is 11.9 Å². The lowest BCUT2D eigenvalue weighted by Crippen LogP contribution is -2.45. The van der Waals surface area contributed by atoms with Crippen molar-refractivity contribution < 1.29 is 24.5 Å². The summed E-state index contributed by atoms with van der Waals surface area (Å²) in [4.78, 5) is 24.5. The highest BCUT2D eigenvalue weighted by atomic mass is 16.5. The maximum Gasteiger partial charge on any atom is 0.305 e. The molecule has 398 valence electrons. The molecule has 0 rings (SSSR count). The predicted molar refractivity (Wildman–Crippen MR) is 292 cm³/mol. The maximum absolute atomic E-state index is 12.5. The van der Waals surface area contributed by atoms with E-state index in [1.54, 1.807) is 0 Å². The number of carbonyl (C=O) groups excluding carboxylic acids is 2. The second kappa shape index (κ2) is 57.2. The highest BCUT2D eigenvalue weighted by Crippen LogP contribution is 2.18. The Morgan fingerprint density at radius 1 is 0.403 bits per heavy atom. The molecular formula is C61H119NO5. The first-order valence-electron chi connectivity index (χ1n) is 30.4. The molecule has 0 saturated heterocycles. The van der Waals surface area contributed by atoms with E-state index >= 15 is 0 Å².